The van der Waals surface area contributed by atoms with E-state index in [0.29, 0.717) is 25.2 Å². The van der Waals surface area contributed by atoms with E-state index >= 15 is 0 Å². The molecule has 25 heavy (non-hydrogen) atoms. The molecule has 1 N–H and O–H groups in total. The summed E-state index contributed by atoms with van der Waals surface area (Å²) in [5.74, 6) is -0.00382. The number of Topliss-reactive ketones (excluding diaryl/α,β-unsaturated/α-hetero) is 1. The Hall–Kier alpha value is -2.63. The number of hydrogen-bond donors (Lipinski definition) is 1. The van der Waals surface area contributed by atoms with Crippen LogP contribution in [0.15, 0.2) is 24.4 Å². The third-order valence-corrected chi connectivity index (χ3v) is 4.09. The molecule has 0 aromatic carbocycles. The lowest BCUT2D eigenvalue weighted by atomic mass is 10.0. The van der Waals surface area contributed by atoms with Crippen molar-refractivity contribution in [2.24, 2.45) is 0 Å². The third kappa shape index (κ3) is 3.73. The number of rotatable bonds is 2. The predicted octanol–water partition coefficient (Wildman–Crippen LogP) is 3.79. The first kappa shape index (κ1) is 17.2. The number of aromatic nitrogens is 2. The number of aromatic amines is 1. The van der Waals surface area contributed by atoms with Crippen molar-refractivity contribution in [2.45, 2.75) is 39.7 Å². The molecule has 0 saturated heterocycles. The summed E-state index contributed by atoms with van der Waals surface area (Å²) in [7, 11) is 0. The molecule has 0 atom stereocenters. The minimum absolute atomic E-state index is 0.00382. The molecule has 1 amide bonds. The fraction of sp³-hybridized carbons (Fsp3) is 0.421. The first-order valence-corrected chi connectivity index (χ1v) is 8.40. The van der Waals surface area contributed by atoms with E-state index in [1.54, 1.807) is 11.1 Å². The summed E-state index contributed by atoms with van der Waals surface area (Å²) in [6.07, 6.45) is 4.15. The Morgan fingerprint density at radius 1 is 1.32 bits per heavy atom. The molecule has 0 saturated carbocycles. The monoisotopic (exact) mass is 341 g/mol. The lowest BCUT2D eigenvalue weighted by Gasteiger charge is -2.29. The number of fused-ring (bicyclic) bond motifs is 1. The van der Waals surface area contributed by atoms with Gasteiger partial charge in [-0.25, -0.2) is 4.79 Å². The summed E-state index contributed by atoms with van der Waals surface area (Å²) in [5.41, 5.74) is 2.86. The van der Waals surface area contributed by atoms with Crippen LogP contribution >= 0.6 is 0 Å². The number of amides is 1. The maximum absolute atomic E-state index is 12.2. The number of nitrogens with zero attached hydrogens (tertiary/aromatic N) is 2. The molecule has 2 aromatic rings. The normalized spacial score (nSPS) is 15.2. The van der Waals surface area contributed by atoms with Crippen molar-refractivity contribution < 1.29 is 14.3 Å². The molecule has 132 valence electrons. The Kier molecular flexibility index (Phi) is 4.37. The summed E-state index contributed by atoms with van der Waals surface area (Å²) in [6.45, 7) is 8.19. The second-order valence-electron chi connectivity index (χ2n) is 7.27. The molecule has 0 fully saturated rings. The number of carbonyl (C=O) groups excluding carboxylic acids is 2. The summed E-state index contributed by atoms with van der Waals surface area (Å²) < 4.78 is 5.42. The van der Waals surface area contributed by atoms with Gasteiger partial charge in [0.15, 0.2) is 5.78 Å². The number of H-pyrrole nitrogens is 1. The van der Waals surface area contributed by atoms with E-state index in [4.69, 9.17) is 4.74 Å². The first-order valence-electron chi connectivity index (χ1n) is 8.40. The van der Waals surface area contributed by atoms with Crippen LogP contribution in [0.5, 0.6) is 0 Å². The molecule has 0 aliphatic carbocycles. The molecule has 2 aromatic heterocycles. The lowest BCUT2D eigenvalue weighted by molar-refractivity contribution is 0.0270. The van der Waals surface area contributed by atoms with Gasteiger partial charge in [-0.05, 0) is 44.9 Å². The standard InChI is InChI=1S/C19H23N3O3/c1-12(23)15-11-14-5-8-20-16(17(14)21-15)13-6-9-22(10-7-13)18(24)25-19(2,3)4/h5-6,8,11,21H,7,9-10H2,1-4H3. The van der Waals surface area contributed by atoms with Crippen LogP contribution in [-0.2, 0) is 4.74 Å². The Balaban J connectivity index is 1.83. The van der Waals surface area contributed by atoms with E-state index < -0.39 is 5.60 Å². The van der Waals surface area contributed by atoms with Gasteiger partial charge in [-0.15, -0.1) is 0 Å². The molecule has 6 heteroatoms. The van der Waals surface area contributed by atoms with Gasteiger partial charge in [0.25, 0.3) is 0 Å². The summed E-state index contributed by atoms with van der Waals surface area (Å²) in [4.78, 5) is 33.1. The number of hydrogen-bond acceptors (Lipinski definition) is 4. The molecular formula is C19H23N3O3. The van der Waals surface area contributed by atoms with E-state index in [1.165, 1.54) is 6.92 Å². The zero-order chi connectivity index (χ0) is 18.2. The minimum Gasteiger partial charge on any atom is -0.444 e. The molecule has 6 nitrogen and oxygen atoms in total. The fourth-order valence-corrected chi connectivity index (χ4v) is 2.86. The van der Waals surface area contributed by atoms with Crippen molar-refractivity contribution >= 4 is 28.4 Å². The van der Waals surface area contributed by atoms with Crippen molar-refractivity contribution in [2.75, 3.05) is 13.1 Å². The maximum atomic E-state index is 12.2. The van der Waals surface area contributed by atoms with Crippen molar-refractivity contribution in [1.82, 2.24) is 14.9 Å². The topological polar surface area (TPSA) is 75.3 Å². The molecule has 3 heterocycles. The van der Waals surface area contributed by atoms with Gasteiger partial charge in [-0.2, -0.15) is 0 Å². The number of ketones is 1. The van der Waals surface area contributed by atoms with Crippen LogP contribution in [0, 0.1) is 0 Å². The van der Waals surface area contributed by atoms with Crippen LogP contribution in [0.25, 0.3) is 16.5 Å². The highest BCUT2D eigenvalue weighted by Crippen LogP contribution is 2.28. The highest BCUT2D eigenvalue weighted by Gasteiger charge is 2.24. The lowest BCUT2D eigenvalue weighted by Crippen LogP contribution is -2.39. The Bertz CT molecular complexity index is 858. The van der Waals surface area contributed by atoms with Gasteiger partial charge in [-0.1, -0.05) is 6.08 Å². The van der Waals surface area contributed by atoms with E-state index in [-0.39, 0.29) is 11.9 Å². The van der Waals surface area contributed by atoms with E-state index in [2.05, 4.69) is 9.97 Å². The molecular weight excluding hydrogens is 318 g/mol. The number of nitrogens with one attached hydrogen (secondary N) is 1. The average molecular weight is 341 g/mol. The van der Waals surface area contributed by atoms with E-state index in [9.17, 15) is 9.59 Å². The van der Waals surface area contributed by atoms with E-state index in [0.717, 1.165) is 22.2 Å². The summed E-state index contributed by atoms with van der Waals surface area (Å²) in [6, 6.07) is 3.73. The molecule has 1 aliphatic rings. The van der Waals surface area contributed by atoms with Crippen LogP contribution in [0.3, 0.4) is 0 Å². The van der Waals surface area contributed by atoms with Crippen LogP contribution in [0.4, 0.5) is 4.79 Å². The van der Waals surface area contributed by atoms with Crippen LogP contribution in [-0.4, -0.2) is 45.4 Å². The zero-order valence-corrected chi connectivity index (χ0v) is 15.0. The SMILES string of the molecule is CC(=O)c1cc2ccnc(C3=CCN(C(=O)OC(C)(C)C)CC3)c2[nH]1. The van der Waals surface area contributed by atoms with Gasteiger partial charge in [0.2, 0.25) is 0 Å². The number of ether oxygens (including phenoxy) is 1. The molecule has 3 rings (SSSR count). The van der Waals surface area contributed by atoms with Crippen molar-refractivity contribution in [1.29, 1.82) is 0 Å². The Morgan fingerprint density at radius 3 is 2.68 bits per heavy atom. The zero-order valence-electron chi connectivity index (χ0n) is 15.0. The first-order chi connectivity index (χ1) is 11.7. The Morgan fingerprint density at radius 2 is 2.08 bits per heavy atom. The molecule has 0 bridgehead atoms. The third-order valence-electron chi connectivity index (χ3n) is 4.09. The van der Waals surface area contributed by atoms with Crippen molar-refractivity contribution in [3.8, 4) is 0 Å². The van der Waals surface area contributed by atoms with Gasteiger partial charge in [-0.3, -0.25) is 9.78 Å². The van der Waals surface area contributed by atoms with Crippen LogP contribution in [0.1, 0.15) is 50.3 Å². The maximum Gasteiger partial charge on any atom is 0.410 e. The molecule has 0 unspecified atom stereocenters. The number of pyridine rings is 1. The quantitative estimate of drug-likeness (QED) is 0.843. The van der Waals surface area contributed by atoms with Crippen LogP contribution < -0.4 is 0 Å². The van der Waals surface area contributed by atoms with Crippen molar-refractivity contribution in [3.05, 3.63) is 35.8 Å². The Labute approximate surface area is 146 Å². The average Bonchev–Trinajstić information content (AvgIpc) is 2.98. The molecule has 0 radical (unpaired) electrons. The van der Waals surface area contributed by atoms with Gasteiger partial charge in [0.1, 0.15) is 5.60 Å². The fourth-order valence-electron chi connectivity index (χ4n) is 2.86. The molecule has 0 spiro atoms. The predicted molar refractivity (Wildman–Crippen MR) is 96.5 cm³/mol. The minimum atomic E-state index is -0.498. The van der Waals surface area contributed by atoms with Gasteiger partial charge < -0.3 is 14.6 Å². The van der Waals surface area contributed by atoms with Crippen LogP contribution in [0.2, 0.25) is 0 Å². The molecule has 1 aliphatic heterocycles. The summed E-state index contributed by atoms with van der Waals surface area (Å²) in [5, 5.41) is 0.964. The summed E-state index contributed by atoms with van der Waals surface area (Å²) >= 11 is 0. The van der Waals surface area contributed by atoms with Gasteiger partial charge in [0, 0.05) is 31.6 Å². The van der Waals surface area contributed by atoms with E-state index in [1.807, 2.05) is 39.0 Å². The second-order valence-corrected chi connectivity index (χ2v) is 7.27. The second kappa shape index (κ2) is 6.35. The largest absolute Gasteiger partial charge is 0.444 e. The highest BCUT2D eigenvalue weighted by atomic mass is 16.6. The van der Waals surface area contributed by atoms with Gasteiger partial charge >= 0.3 is 6.09 Å². The smallest absolute Gasteiger partial charge is 0.410 e. The number of carbonyl (C=O) groups is 2. The highest BCUT2D eigenvalue weighted by molar-refractivity contribution is 6.00. The van der Waals surface area contributed by atoms with Gasteiger partial charge in [0.05, 0.1) is 16.9 Å². The van der Waals surface area contributed by atoms with Crippen molar-refractivity contribution in [3.63, 3.8) is 0 Å².